The lowest BCUT2D eigenvalue weighted by Crippen LogP contribution is -2.72. The van der Waals surface area contributed by atoms with Crippen molar-refractivity contribution in [2.45, 2.75) is 64.0 Å². The molecule has 3 atom stereocenters. The van der Waals surface area contributed by atoms with E-state index in [0.29, 0.717) is 29.4 Å². The molecule has 4 fully saturated rings. The van der Waals surface area contributed by atoms with Gasteiger partial charge in [0.1, 0.15) is 0 Å². The van der Waals surface area contributed by atoms with E-state index in [0.717, 1.165) is 71.3 Å². The van der Waals surface area contributed by atoms with E-state index >= 15 is 0 Å². The highest BCUT2D eigenvalue weighted by molar-refractivity contribution is 14.0. The number of fused-ring (bicyclic) bond motifs is 2. The molecule has 0 aromatic heterocycles. The van der Waals surface area contributed by atoms with Crippen molar-refractivity contribution >= 4 is 29.9 Å². The molecule has 2 N–H and O–H groups in total. The Labute approximate surface area is 186 Å². The average Bonchev–Trinajstić information content (AvgIpc) is 3.07. The Morgan fingerprint density at radius 1 is 1.18 bits per heavy atom. The van der Waals surface area contributed by atoms with Gasteiger partial charge in [0.25, 0.3) is 0 Å². The van der Waals surface area contributed by atoms with Crippen LogP contribution in [0.2, 0.25) is 0 Å². The van der Waals surface area contributed by atoms with E-state index in [2.05, 4.69) is 17.6 Å². The van der Waals surface area contributed by atoms with Crippen molar-refractivity contribution in [1.29, 1.82) is 0 Å². The zero-order chi connectivity index (χ0) is 18.5. The van der Waals surface area contributed by atoms with Gasteiger partial charge in [0.15, 0.2) is 5.96 Å². The van der Waals surface area contributed by atoms with Crippen LogP contribution in [-0.2, 0) is 14.2 Å². The molecule has 3 unspecified atom stereocenters. The molecule has 0 amide bonds. The maximum absolute atomic E-state index is 6.03. The Bertz CT molecular complexity index is 509. The Morgan fingerprint density at radius 2 is 2.00 bits per heavy atom. The minimum Gasteiger partial charge on any atom is -0.381 e. The first-order chi connectivity index (χ1) is 13.3. The normalized spacial score (nSPS) is 31.5. The number of rotatable bonds is 8. The molecule has 0 aromatic carbocycles. The Hall–Kier alpha value is -0.120. The van der Waals surface area contributed by atoms with Gasteiger partial charge >= 0.3 is 0 Å². The van der Waals surface area contributed by atoms with Crippen molar-refractivity contribution in [3.05, 3.63) is 0 Å². The number of nitrogens with zero attached hydrogens (tertiary/aromatic N) is 1. The number of halogens is 1. The summed E-state index contributed by atoms with van der Waals surface area (Å²) in [6, 6.07) is 0.543. The zero-order valence-corrected chi connectivity index (χ0v) is 19.6. The predicted octanol–water partition coefficient (Wildman–Crippen LogP) is 2.95. The minimum atomic E-state index is 0. The van der Waals surface area contributed by atoms with Crippen molar-refractivity contribution in [3.8, 4) is 0 Å². The Balaban J connectivity index is 0.00000225. The second-order valence-corrected chi connectivity index (χ2v) is 8.70. The van der Waals surface area contributed by atoms with Crippen molar-refractivity contribution in [1.82, 2.24) is 10.6 Å². The fraction of sp³-hybridized carbons (Fsp3) is 0.952. The van der Waals surface area contributed by atoms with Crippen LogP contribution >= 0.6 is 24.0 Å². The number of hydrogen-bond donors (Lipinski definition) is 2. The summed E-state index contributed by atoms with van der Waals surface area (Å²) in [5.41, 5.74) is 0.393. The number of nitrogens with one attached hydrogen (secondary N) is 2. The maximum atomic E-state index is 6.03. The van der Waals surface area contributed by atoms with Crippen LogP contribution in [-0.4, -0.2) is 64.2 Å². The van der Waals surface area contributed by atoms with Crippen LogP contribution in [0.1, 0.15) is 51.9 Å². The van der Waals surface area contributed by atoms with Crippen molar-refractivity contribution < 1.29 is 14.2 Å². The van der Waals surface area contributed by atoms with Gasteiger partial charge in [0.2, 0.25) is 0 Å². The third-order valence-corrected chi connectivity index (χ3v) is 7.08. The van der Waals surface area contributed by atoms with Crippen LogP contribution in [0.5, 0.6) is 0 Å². The first kappa shape index (κ1) is 22.6. The molecule has 2 saturated heterocycles. The molecule has 6 nitrogen and oxygen atoms in total. The van der Waals surface area contributed by atoms with Gasteiger partial charge < -0.3 is 24.8 Å². The second-order valence-electron chi connectivity index (χ2n) is 8.70. The van der Waals surface area contributed by atoms with Crippen LogP contribution in [0.25, 0.3) is 0 Å². The van der Waals surface area contributed by atoms with E-state index in [4.69, 9.17) is 19.2 Å². The lowest BCUT2D eigenvalue weighted by atomic mass is 9.46. The molecular weight excluding hydrogens is 469 g/mol. The van der Waals surface area contributed by atoms with Crippen molar-refractivity contribution in [2.75, 3.05) is 46.1 Å². The summed E-state index contributed by atoms with van der Waals surface area (Å²) in [5.74, 6) is 2.33. The molecule has 2 aliphatic heterocycles. The molecule has 28 heavy (non-hydrogen) atoms. The minimum absolute atomic E-state index is 0. The largest absolute Gasteiger partial charge is 0.381 e. The fourth-order valence-electron chi connectivity index (χ4n) is 5.44. The van der Waals surface area contributed by atoms with Gasteiger partial charge in [0.05, 0.1) is 6.10 Å². The molecule has 2 aliphatic carbocycles. The van der Waals surface area contributed by atoms with Gasteiger partial charge in [-0.15, -0.1) is 24.0 Å². The molecule has 0 aromatic rings. The van der Waals surface area contributed by atoms with E-state index in [-0.39, 0.29) is 24.0 Å². The van der Waals surface area contributed by atoms with E-state index in [1.807, 2.05) is 0 Å². The third-order valence-electron chi connectivity index (χ3n) is 7.08. The fourth-order valence-corrected chi connectivity index (χ4v) is 5.44. The standard InChI is InChI=1S/C21H37N3O3.HI/c1-2-22-20(23-10-4-11-26-15-16-5-12-25-13-6-16)24-18-17-7-14-27-19(17)21(18)8-3-9-21;/h16-19H,2-15H2,1H3,(H2,22,23,24);1H. The Kier molecular flexibility index (Phi) is 8.68. The molecule has 2 saturated carbocycles. The molecule has 0 bridgehead atoms. The van der Waals surface area contributed by atoms with Crippen molar-refractivity contribution in [2.24, 2.45) is 22.2 Å². The van der Waals surface area contributed by atoms with Gasteiger partial charge in [-0.3, -0.25) is 4.99 Å². The molecule has 4 rings (SSSR count). The highest BCUT2D eigenvalue weighted by atomic mass is 127. The highest BCUT2D eigenvalue weighted by Gasteiger charge is 2.66. The van der Waals surface area contributed by atoms with Crippen molar-refractivity contribution in [3.63, 3.8) is 0 Å². The highest BCUT2D eigenvalue weighted by Crippen LogP contribution is 2.62. The van der Waals surface area contributed by atoms with E-state index < -0.39 is 0 Å². The average molecular weight is 507 g/mol. The summed E-state index contributed by atoms with van der Waals surface area (Å²) < 4.78 is 17.3. The number of guanidine groups is 1. The summed E-state index contributed by atoms with van der Waals surface area (Å²) >= 11 is 0. The smallest absolute Gasteiger partial charge is 0.191 e. The van der Waals surface area contributed by atoms with Crippen LogP contribution < -0.4 is 10.6 Å². The van der Waals surface area contributed by atoms with Gasteiger partial charge in [0, 0.05) is 63.5 Å². The number of aliphatic imine (C=N–C) groups is 1. The lowest BCUT2D eigenvalue weighted by Gasteiger charge is -2.63. The monoisotopic (exact) mass is 507 g/mol. The topological polar surface area (TPSA) is 64.1 Å². The summed E-state index contributed by atoms with van der Waals surface area (Å²) in [7, 11) is 0. The number of ether oxygens (including phenoxy) is 3. The first-order valence-corrected chi connectivity index (χ1v) is 11.2. The van der Waals surface area contributed by atoms with Gasteiger partial charge in [-0.1, -0.05) is 6.42 Å². The van der Waals surface area contributed by atoms with E-state index in [9.17, 15) is 0 Å². The second kappa shape index (κ2) is 10.8. The summed E-state index contributed by atoms with van der Waals surface area (Å²) in [6.07, 6.45) is 8.93. The molecular formula is C21H38IN3O3. The van der Waals surface area contributed by atoms with Crippen LogP contribution in [0, 0.1) is 17.3 Å². The lowest BCUT2D eigenvalue weighted by molar-refractivity contribution is -0.171. The van der Waals surface area contributed by atoms with E-state index in [1.165, 1.54) is 25.7 Å². The van der Waals surface area contributed by atoms with Crippen LogP contribution in [0.15, 0.2) is 4.99 Å². The van der Waals surface area contributed by atoms with Crippen LogP contribution in [0.4, 0.5) is 0 Å². The third kappa shape index (κ3) is 4.78. The molecule has 2 heterocycles. The van der Waals surface area contributed by atoms with E-state index in [1.54, 1.807) is 0 Å². The molecule has 4 aliphatic rings. The zero-order valence-electron chi connectivity index (χ0n) is 17.3. The van der Waals surface area contributed by atoms with Gasteiger partial charge in [-0.25, -0.2) is 0 Å². The first-order valence-electron chi connectivity index (χ1n) is 11.2. The SMILES string of the molecule is CCNC(=NCCCOCC1CCOCC1)NC1C2CCOC2C12CCC2.I. The summed E-state index contributed by atoms with van der Waals surface area (Å²) in [6.45, 7) is 8.25. The van der Waals surface area contributed by atoms with Gasteiger partial charge in [-0.2, -0.15) is 0 Å². The summed E-state index contributed by atoms with van der Waals surface area (Å²) in [5, 5.41) is 7.20. The molecule has 7 heteroatoms. The molecule has 1 spiro atoms. The predicted molar refractivity (Wildman–Crippen MR) is 121 cm³/mol. The maximum Gasteiger partial charge on any atom is 0.191 e. The quantitative estimate of drug-likeness (QED) is 0.229. The van der Waals surface area contributed by atoms with Crippen LogP contribution in [0.3, 0.4) is 0 Å². The number of hydrogen-bond acceptors (Lipinski definition) is 4. The van der Waals surface area contributed by atoms with Gasteiger partial charge in [-0.05, 0) is 51.4 Å². The molecule has 0 radical (unpaired) electrons. The summed E-state index contributed by atoms with van der Waals surface area (Å²) in [4.78, 5) is 4.81. The Morgan fingerprint density at radius 3 is 2.71 bits per heavy atom. The molecule has 162 valence electrons.